The third kappa shape index (κ3) is 3.12. The van der Waals surface area contributed by atoms with Gasteiger partial charge in [-0.3, -0.25) is 4.79 Å². The van der Waals surface area contributed by atoms with Crippen LogP contribution in [0.5, 0.6) is 0 Å². The topological polar surface area (TPSA) is 33.5 Å². The molecule has 1 aromatic heterocycles. The minimum Gasteiger partial charge on any atom is -0.459 e. The van der Waals surface area contributed by atoms with Gasteiger partial charge in [-0.2, -0.15) is 13.2 Å². The first-order valence-electron chi connectivity index (χ1n) is 6.09. The summed E-state index contributed by atoms with van der Waals surface area (Å²) in [5.41, 5.74) is 0.644. The van der Waals surface area contributed by atoms with E-state index in [4.69, 9.17) is 4.42 Å². The van der Waals surface area contributed by atoms with Crippen molar-refractivity contribution >= 4 is 16.9 Å². The number of furan rings is 1. The molecule has 3 nitrogen and oxygen atoms in total. The number of hydrogen-bond acceptors (Lipinski definition) is 2. The van der Waals surface area contributed by atoms with Crippen LogP contribution < -0.4 is 0 Å². The molecule has 2 rings (SSSR count). The van der Waals surface area contributed by atoms with E-state index < -0.39 is 24.5 Å². The van der Waals surface area contributed by atoms with E-state index in [1.54, 1.807) is 25.1 Å². The Balaban J connectivity index is 2.17. The van der Waals surface area contributed by atoms with Crippen LogP contribution in [-0.2, 0) is 4.79 Å². The van der Waals surface area contributed by atoms with Crippen LogP contribution in [0.25, 0.3) is 11.0 Å². The van der Waals surface area contributed by atoms with Crippen LogP contribution in [0.1, 0.15) is 25.1 Å². The van der Waals surface area contributed by atoms with Gasteiger partial charge in [0, 0.05) is 12.4 Å². The van der Waals surface area contributed by atoms with Gasteiger partial charge in [0.15, 0.2) is 0 Å². The normalized spacial score (nSPS) is 13.4. The molecular weight excluding hydrogens is 271 g/mol. The molecule has 0 aliphatic rings. The number of halogens is 3. The maximum Gasteiger partial charge on any atom is 0.397 e. The Hall–Kier alpha value is -1.98. The Morgan fingerprint density at radius 2 is 2.00 bits per heavy atom. The molecule has 20 heavy (non-hydrogen) atoms. The van der Waals surface area contributed by atoms with Crippen molar-refractivity contribution in [3.05, 3.63) is 36.1 Å². The quantitative estimate of drug-likeness (QED) is 0.856. The Morgan fingerprint density at radius 3 is 2.60 bits per heavy atom. The van der Waals surface area contributed by atoms with Crippen molar-refractivity contribution in [3.63, 3.8) is 0 Å². The summed E-state index contributed by atoms with van der Waals surface area (Å²) < 4.78 is 42.2. The van der Waals surface area contributed by atoms with Crippen LogP contribution in [0.4, 0.5) is 13.2 Å². The molecule has 0 unspecified atom stereocenters. The second kappa shape index (κ2) is 5.19. The first-order valence-corrected chi connectivity index (χ1v) is 6.09. The van der Waals surface area contributed by atoms with Gasteiger partial charge in [-0.15, -0.1) is 0 Å². The van der Waals surface area contributed by atoms with Gasteiger partial charge in [0.05, 0.1) is 6.04 Å². The molecule has 2 aromatic rings. The smallest absolute Gasteiger partial charge is 0.397 e. The molecule has 1 atom stereocenters. The van der Waals surface area contributed by atoms with Crippen LogP contribution in [0.3, 0.4) is 0 Å². The highest BCUT2D eigenvalue weighted by Gasteiger charge is 2.34. The summed E-state index contributed by atoms with van der Waals surface area (Å²) in [5.74, 6) is -0.519. The third-order valence-corrected chi connectivity index (χ3v) is 3.18. The average Bonchev–Trinajstić information content (AvgIpc) is 2.78. The molecule has 1 aromatic carbocycles. The van der Waals surface area contributed by atoms with E-state index in [-0.39, 0.29) is 0 Å². The molecule has 0 N–H and O–H groups in total. The summed E-state index contributed by atoms with van der Waals surface area (Å²) in [7, 11) is 1.34. The Labute approximate surface area is 114 Å². The van der Waals surface area contributed by atoms with E-state index in [9.17, 15) is 18.0 Å². The molecule has 1 amide bonds. The van der Waals surface area contributed by atoms with Crippen molar-refractivity contribution in [2.45, 2.75) is 25.6 Å². The molecule has 0 saturated heterocycles. The van der Waals surface area contributed by atoms with E-state index >= 15 is 0 Å². The number of carbonyl (C=O) groups excluding carboxylic acids is 1. The molecule has 0 bridgehead atoms. The number of amides is 1. The Morgan fingerprint density at radius 1 is 1.35 bits per heavy atom. The molecule has 0 aliphatic carbocycles. The molecule has 0 saturated carbocycles. The monoisotopic (exact) mass is 285 g/mol. The fourth-order valence-electron chi connectivity index (χ4n) is 1.91. The molecular formula is C14H14F3NO2. The maximum atomic E-state index is 12.2. The predicted molar refractivity (Wildman–Crippen MR) is 68.1 cm³/mol. The number of alkyl halides is 3. The molecule has 108 valence electrons. The zero-order chi connectivity index (χ0) is 14.9. The number of fused-ring (bicyclic) bond motifs is 1. The first kappa shape index (κ1) is 14.4. The first-order chi connectivity index (χ1) is 9.28. The number of rotatable bonds is 3. The van der Waals surface area contributed by atoms with Crippen molar-refractivity contribution < 1.29 is 22.4 Å². The maximum absolute atomic E-state index is 12.2. The third-order valence-electron chi connectivity index (χ3n) is 3.18. The summed E-state index contributed by atoms with van der Waals surface area (Å²) in [5, 5.41) is 0.853. The van der Waals surface area contributed by atoms with Crippen LogP contribution in [0, 0.1) is 0 Å². The highest BCUT2D eigenvalue weighted by atomic mass is 19.4. The molecule has 6 heteroatoms. The SMILES string of the molecule is C[C@H](c1cc2ccccc2o1)N(C)C(=O)CC(F)(F)F. The van der Waals surface area contributed by atoms with Crippen molar-refractivity contribution in [2.75, 3.05) is 7.05 Å². The Bertz CT molecular complexity index is 585. The number of carbonyl (C=O) groups is 1. The van der Waals surface area contributed by atoms with E-state index in [2.05, 4.69) is 0 Å². The largest absolute Gasteiger partial charge is 0.459 e. The zero-order valence-corrected chi connectivity index (χ0v) is 11.1. The van der Waals surface area contributed by atoms with E-state index in [0.717, 1.165) is 10.3 Å². The molecule has 1 heterocycles. The van der Waals surface area contributed by atoms with Crippen LogP contribution in [0.2, 0.25) is 0 Å². The van der Waals surface area contributed by atoms with Crippen molar-refractivity contribution in [1.82, 2.24) is 4.90 Å². The van der Waals surface area contributed by atoms with Gasteiger partial charge in [0.2, 0.25) is 5.91 Å². The van der Waals surface area contributed by atoms with Gasteiger partial charge in [-0.05, 0) is 19.1 Å². The average molecular weight is 285 g/mol. The van der Waals surface area contributed by atoms with Gasteiger partial charge < -0.3 is 9.32 Å². The molecule has 0 radical (unpaired) electrons. The van der Waals surface area contributed by atoms with Gasteiger partial charge in [0.1, 0.15) is 17.8 Å². The Kier molecular flexibility index (Phi) is 3.74. The summed E-state index contributed by atoms with van der Waals surface area (Å²) in [4.78, 5) is 12.6. The lowest BCUT2D eigenvalue weighted by Crippen LogP contribution is -2.32. The second-order valence-electron chi connectivity index (χ2n) is 4.66. The number of nitrogens with zero attached hydrogens (tertiary/aromatic N) is 1. The van der Waals surface area contributed by atoms with Crippen molar-refractivity contribution in [3.8, 4) is 0 Å². The fraction of sp³-hybridized carbons (Fsp3) is 0.357. The van der Waals surface area contributed by atoms with Gasteiger partial charge in [0.25, 0.3) is 0 Å². The van der Waals surface area contributed by atoms with E-state index in [1.165, 1.54) is 7.05 Å². The summed E-state index contributed by atoms with van der Waals surface area (Å²) >= 11 is 0. The second-order valence-corrected chi connectivity index (χ2v) is 4.66. The van der Waals surface area contributed by atoms with Crippen LogP contribution in [-0.4, -0.2) is 24.0 Å². The van der Waals surface area contributed by atoms with Crippen molar-refractivity contribution in [1.29, 1.82) is 0 Å². The highest BCUT2D eigenvalue weighted by Crippen LogP contribution is 2.28. The lowest BCUT2D eigenvalue weighted by atomic mass is 10.2. The summed E-state index contributed by atoms with van der Waals surface area (Å²) in [6.45, 7) is 1.63. The number of benzene rings is 1. The van der Waals surface area contributed by atoms with Crippen molar-refractivity contribution in [2.24, 2.45) is 0 Å². The fourth-order valence-corrected chi connectivity index (χ4v) is 1.91. The lowest BCUT2D eigenvalue weighted by Gasteiger charge is -2.23. The van der Waals surface area contributed by atoms with Crippen LogP contribution >= 0.6 is 0 Å². The van der Waals surface area contributed by atoms with E-state index in [0.29, 0.717) is 11.3 Å². The summed E-state index contributed by atoms with van der Waals surface area (Å²) in [6.07, 6.45) is -5.97. The van der Waals surface area contributed by atoms with Gasteiger partial charge >= 0.3 is 6.18 Å². The molecule has 0 aliphatic heterocycles. The zero-order valence-electron chi connectivity index (χ0n) is 11.1. The number of para-hydroxylation sites is 1. The standard InChI is InChI=1S/C14H14F3NO2/c1-9(18(2)13(19)8-14(15,16)17)12-7-10-5-3-4-6-11(10)20-12/h3-7,9H,8H2,1-2H3/t9-/m1/s1. The summed E-state index contributed by atoms with van der Waals surface area (Å²) in [6, 6.07) is 8.42. The van der Waals surface area contributed by atoms with Gasteiger partial charge in [-0.1, -0.05) is 18.2 Å². The lowest BCUT2D eigenvalue weighted by molar-refractivity contribution is -0.162. The van der Waals surface area contributed by atoms with Gasteiger partial charge in [-0.25, -0.2) is 0 Å². The minimum atomic E-state index is -4.50. The predicted octanol–water partition coefficient (Wildman–Crippen LogP) is 3.90. The highest BCUT2D eigenvalue weighted by molar-refractivity contribution is 5.79. The van der Waals surface area contributed by atoms with Crippen LogP contribution in [0.15, 0.2) is 34.7 Å². The molecule has 0 fully saturated rings. The van der Waals surface area contributed by atoms with E-state index in [1.807, 2.05) is 12.1 Å². The minimum absolute atomic E-state index is 0.462. The molecule has 0 spiro atoms. The number of hydrogen-bond donors (Lipinski definition) is 0.